The van der Waals surface area contributed by atoms with Gasteiger partial charge in [-0.2, -0.15) is 0 Å². The van der Waals surface area contributed by atoms with Gasteiger partial charge in [0.1, 0.15) is 5.76 Å². The van der Waals surface area contributed by atoms with Gasteiger partial charge >= 0.3 is 0 Å². The third-order valence-corrected chi connectivity index (χ3v) is 5.82. The summed E-state index contributed by atoms with van der Waals surface area (Å²) in [4.78, 5) is 27.9. The molecule has 3 aromatic rings. The molecule has 1 amide bonds. The summed E-state index contributed by atoms with van der Waals surface area (Å²) in [6, 6.07) is 13.9. The number of nitrogens with zero attached hydrogens (tertiary/aromatic N) is 2. The number of ketones is 1. The summed E-state index contributed by atoms with van der Waals surface area (Å²) in [6.07, 6.45) is 0. The minimum atomic E-state index is -0.943. The van der Waals surface area contributed by atoms with Crippen LogP contribution in [0, 0.1) is 0 Å². The lowest BCUT2D eigenvalue weighted by molar-refractivity contribution is -0.117. The number of amides is 1. The van der Waals surface area contributed by atoms with Crippen molar-refractivity contribution in [3.05, 3.63) is 92.9 Å². The summed E-state index contributed by atoms with van der Waals surface area (Å²) < 4.78 is 5.46. The van der Waals surface area contributed by atoms with Gasteiger partial charge in [0.05, 0.1) is 16.6 Å². The molecule has 2 aromatic carbocycles. The van der Waals surface area contributed by atoms with Crippen LogP contribution in [0.15, 0.2) is 70.5 Å². The van der Waals surface area contributed by atoms with Crippen molar-refractivity contribution in [2.75, 3.05) is 4.90 Å². The molecule has 8 heteroatoms. The molecular weight excluding hydrogens is 451 g/mol. The molecule has 0 fully saturated rings. The van der Waals surface area contributed by atoms with Gasteiger partial charge in [-0.15, -0.1) is 0 Å². The third-order valence-electron chi connectivity index (χ3n) is 5.24. The third kappa shape index (κ3) is 3.80. The number of aliphatic hydroxyl groups excluding tert-OH is 1. The van der Waals surface area contributed by atoms with Crippen LogP contribution in [-0.2, 0) is 10.2 Å². The number of rotatable bonds is 4. The van der Waals surface area contributed by atoms with Gasteiger partial charge in [0.15, 0.2) is 17.4 Å². The Kier molecular flexibility index (Phi) is 5.61. The zero-order valence-electron chi connectivity index (χ0n) is 17.6. The molecule has 0 saturated carbocycles. The SMILES string of the molecule is CC(C)(C)c1cc(N2C(=O)C(O)=C(C(=O)c3ccccc3Cl)C2c2ccc(Cl)cc2)no1. The highest BCUT2D eigenvalue weighted by molar-refractivity contribution is 6.35. The second-order valence-corrected chi connectivity index (χ2v) is 9.34. The highest BCUT2D eigenvalue weighted by Gasteiger charge is 2.46. The van der Waals surface area contributed by atoms with Crippen LogP contribution < -0.4 is 4.90 Å². The average Bonchev–Trinajstić information content (AvgIpc) is 3.32. The summed E-state index contributed by atoms with van der Waals surface area (Å²) >= 11 is 12.3. The highest BCUT2D eigenvalue weighted by Crippen LogP contribution is 2.43. The van der Waals surface area contributed by atoms with Gasteiger partial charge in [-0.1, -0.05) is 73.4 Å². The summed E-state index contributed by atoms with van der Waals surface area (Å²) in [5.41, 5.74) is 0.309. The monoisotopic (exact) mass is 470 g/mol. The number of carbonyl (C=O) groups is 2. The van der Waals surface area contributed by atoms with Crippen molar-refractivity contribution >= 4 is 40.7 Å². The number of anilines is 1. The number of hydrogen-bond acceptors (Lipinski definition) is 5. The Labute approximate surface area is 195 Å². The fourth-order valence-corrected chi connectivity index (χ4v) is 3.90. The highest BCUT2D eigenvalue weighted by atomic mass is 35.5. The zero-order chi connectivity index (χ0) is 23.2. The first-order valence-electron chi connectivity index (χ1n) is 9.88. The van der Waals surface area contributed by atoms with E-state index in [1.54, 1.807) is 54.6 Å². The molecule has 2 heterocycles. The molecule has 6 nitrogen and oxygen atoms in total. The molecule has 1 unspecified atom stereocenters. The van der Waals surface area contributed by atoms with Gasteiger partial charge in [0.2, 0.25) is 0 Å². The Morgan fingerprint density at radius 1 is 1.09 bits per heavy atom. The summed E-state index contributed by atoms with van der Waals surface area (Å²) in [6.45, 7) is 5.84. The van der Waals surface area contributed by atoms with Gasteiger partial charge in [0, 0.05) is 22.1 Å². The molecule has 1 aliphatic heterocycles. The minimum Gasteiger partial charge on any atom is -0.503 e. The Bertz CT molecular complexity index is 1240. The van der Waals surface area contributed by atoms with Crippen molar-refractivity contribution in [2.45, 2.75) is 32.2 Å². The molecule has 0 bridgehead atoms. The normalized spacial score (nSPS) is 16.7. The summed E-state index contributed by atoms with van der Waals surface area (Å²) in [5.74, 6) is -1.22. The van der Waals surface area contributed by atoms with Crippen molar-refractivity contribution in [1.82, 2.24) is 5.16 Å². The molecule has 0 aliphatic carbocycles. The summed E-state index contributed by atoms with van der Waals surface area (Å²) in [5, 5.41) is 15.6. The molecule has 1 aliphatic rings. The second kappa shape index (κ2) is 8.11. The van der Waals surface area contributed by atoms with E-state index in [1.807, 2.05) is 20.8 Å². The Morgan fingerprint density at radius 2 is 1.75 bits per heavy atom. The van der Waals surface area contributed by atoms with Crippen LogP contribution in [0.25, 0.3) is 0 Å². The van der Waals surface area contributed by atoms with Crippen molar-refractivity contribution < 1.29 is 19.2 Å². The van der Waals surface area contributed by atoms with Gasteiger partial charge < -0.3 is 9.63 Å². The van der Waals surface area contributed by atoms with E-state index in [2.05, 4.69) is 5.16 Å². The van der Waals surface area contributed by atoms with E-state index in [0.29, 0.717) is 16.3 Å². The lowest BCUT2D eigenvalue weighted by Gasteiger charge is -2.24. The molecule has 1 atom stereocenters. The van der Waals surface area contributed by atoms with Crippen LogP contribution in [0.2, 0.25) is 10.0 Å². The molecule has 0 spiro atoms. The van der Waals surface area contributed by atoms with Crippen molar-refractivity contribution in [2.24, 2.45) is 0 Å². The number of carbonyl (C=O) groups excluding carboxylic acids is 2. The molecule has 32 heavy (non-hydrogen) atoms. The molecule has 4 rings (SSSR count). The first-order valence-corrected chi connectivity index (χ1v) is 10.6. The molecule has 0 radical (unpaired) electrons. The van der Waals surface area contributed by atoms with Gasteiger partial charge in [0.25, 0.3) is 5.91 Å². The maximum absolute atomic E-state index is 13.5. The van der Waals surface area contributed by atoms with E-state index in [1.165, 1.54) is 4.90 Å². The average molecular weight is 471 g/mol. The van der Waals surface area contributed by atoms with E-state index in [9.17, 15) is 14.7 Å². The largest absolute Gasteiger partial charge is 0.503 e. The predicted octanol–water partition coefficient (Wildman–Crippen LogP) is 6.06. The number of benzene rings is 2. The first kappa shape index (κ1) is 22.1. The van der Waals surface area contributed by atoms with E-state index in [0.717, 1.165) is 0 Å². The van der Waals surface area contributed by atoms with Crippen LogP contribution in [-0.4, -0.2) is 22.0 Å². The second-order valence-electron chi connectivity index (χ2n) is 8.50. The Hall–Kier alpha value is -3.09. The smallest absolute Gasteiger partial charge is 0.295 e. The number of halogens is 2. The topological polar surface area (TPSA) is 83.6 Å². The maximum Gasteiger partial charge on any atom is 0.295 e. The van der Waals surface area contributed by atoms with Crippen molar-refractivity contribution in [1.29, 1.82) is 0 Å². The van der Waals surface area contributed by atoms with Crippen LogP contribution in [0.3, 0.4) is 0 Å². The van der Waals surface area contributed by atoms with Crippen molar-refractivity contribution in [3.63, 3.8) is 0 Å². The van der Waals surface area contributed by atoms with E-state index in [-0.39, 0.29) is 27.4 Å². The predicted molar refractivity (Wildman–Crippen MR) is 122 cm³/mol. The van der Waals surface area contributed by atoms with Crippen molar-refractivity contribution in [3.8, 4) is 0 Å². The van der Waals surface area contributed by atoms with Crippen LogP contribution in [0.5, 0.6) is 0 Å². The van der Waals surface area contributed by atoms with E-state index >= 15 is 0 Å². The van der Waals surface area contributed by atoms with Crippen LogP contribution in [0.4, 0.5) is 5.82 Å². The lowest BCUT2D eigenvalue weighted by Crippen LogP contribution is -2.31. The van der Waals surface area contributed by atoms with Crippen LogP contribution >= 0.6 is 23.2 Å². The van der Waals surface area contributed by atoms with E-state index < -0.39 is 23.5 Å². The number of Topliss-reactive ketones (excluding diaryl/α,β-unsaturated/α-hetero) is 1. The van der Waals surface area contributed by atoms with Gasteiger partial charge in [-0.25, -0.2) is 0 Å². The standard InChI is InChI=1S/C24H20Cl2N2O4/c1-24(2,3)17-12-18(27-32-17)28-20(13-8-10-14(25)11-9-13)19(22(30)23(28)31)21(29)15-6-4-5-7-16(15)26/h4-12,20,30H,1-3H3. The zero-order valence-corrected chi connectivity index (χ0v) is 19.1. The molecule has 1 N–H and O–H groups in total. The molecular formula is C24H20Cl2N2O4. The first-order chi connectivity index (χ1) is 15.1. The minimum absolute atomic E-state index is 0.0919. The number of aromatic nitrogens is 1. The lowest BCUT2D eigenvalue weighted by atomic mass is 9.92. The molecule has 0 saturated heterocycles. The van der Waals surface area contributed by atoms with E-state index in [4.69, 9.17) is 27.7 Å². The Morgan fingerprint density at radius 3 is 2.34 bits per heavy atom. The quantitative estimate of drug-likeness (QED) is 0.468. The molecule has 1 aromatic heterocycles. The Balaban J connectivity index is 1.88. The number of aliphatic hydroxyl groups is 1. The molecule has 164 valence electrons. The van der Waals surface area contributed by atoms with Gasteiger partial charge in [-0.3, -0.25) is 14.5 Å². The fraction of sp³-hybridized carbons (Fsp3) is 0.208. The fourth-order valence-electron chi connectivity index (χ4n) is 3.56. The van der Waals surface area contributed by atoms with Gasteiger partial charge in [-0.05, 0) is 29.8 Å². The maximum atomic E-state index is 13.5. The summed E-state index contributed by atoms with van der Waals surface area (Å²) in [7, 11) is 0. The number of hydrogen-bond donors (Lipinski definition) is 1. The van der Waals surface area contributed by atoms with Crippen LogP contribution in [0.1, 0.15) is 48.5 Å².